The molecule has 1 aliphatic carbocycles. The van der Waals surface area contributed by atoms with Gasteiger partial charge in [0.2, 0.25) is 0 Å². The topological polar surface area (TPSA) is 72.5 Å². The van der Waals surface area contributed by atoms with Crippen molar-refractivity contribution in [2.24, 2.45) is 17.6 Å². The molecule has 0 saturated heterocycles. The molecular weight excluding hydrogens is 158 g/mol. The quantitative estimate of drug-likeness (QED) is 0.552. The van der Waals surface area contributed by atoms with Crippen LogP contribution in [0.3, 0.4) is 0 Å². The van der Waals surface area contributed by atoms with E-state index in [2.05, 4.69) is 4.74 Å². The van der Waals surface area contributed by atoms with Crippen LogP contribution in [0.2, 0.25) is 0 Å². The molecule has 0 aromatic carbocycles. The van der Waals surface area contributed by atoms with E-state index >= 15 is 0 Å². The number of carbonyl (C=O) groups excluding carboxylic acids is 1. The Hall–Kier alpha value is -0.610. The number of rotatable bonds is 2. The Balaban J connectivity index is 2.48. The molecule has 4 nitrogen and oxygen atoms in total. The molecule has 0 unspecified atom stereocenters. The zero-order valence-electron chi connectivity index (χ0n) is 7.19. The van der Waals surface area contributed by atoms with Crippen molar-refractivity contribution in [1.29, 1.82) is 0 Å². The number of methoxy groups -OCH3 is 1. The van der Waals surface area contributed by atoms with E-state index in [-0.39, 0.29) is 17.8 Å². The van der Waals surface area contributed by atoms with Gasteiger partial charge in [-0.25, -0.2) is 0 Å². The fourth-order valence-electron chi connectivity index (χ4n) is 1.72. The summed E-state index contributed by atoms with van der Waals surface area (Å²) in [4.78, 5) is 11.0. The second kappa shape index (κ2) is 3.87. The zero-order valence-corrected chi connectivity index (χ0v) is 7.19. The van der Waals surface area contributed by atoms with E-state index in [4.69, 9.17) is 5.73 Å². The standard InChI is InChI=1S/C8H15NO3/c1-12-8(11)5-2-6(4-9)7(10)3-5/h5-7,10H,2-4,9H2,1H3/t5-,6+,7+/m1/s1. The van der Waals surface area contributed by atoms with Crippen LogP contribution in [0.15, 0.2) is 0 Å². The largest absolute Gasteiger partial charge is 0.469 e. The van der Waals surface area contributed by atoms with Crippen LogP contribution in [0.4, 0.5) is 0 Å². The van der Waals surface area contributed by atoms with Crippen molar-refractivity contribution >= 4 is 5.97 Å². The Kier molecular flexibility index (Phi) is 3.05. The van der Waals surface area contributed by atoms with Crippen LogP contribution >= 0.6 is 0 Å². The third kappa shape index (κ3) is 1.76. The first-order valence-corrected chi connectivity index (χ1v) is 4.15. The maximum atomic E-state index is 11.0. The van der Waals surface area contributed by atoms with Crippen LogP contribution in [0.5, 0.6) is 0 Å². The van der Waals surface area contributed by atoms with Crippen molar-refractivity contribution in [1.82, 2.24) is 0 Å². The molecule has 0 aromatic rings. The molecule has 1 rings (SSSR count). The number of hydrogen-bond donors (Lipinski definition) is 2. The van der Waals surface area contributed by atoms with Gasteiger partial charge >= 0.3 is 5.97 Å². The van der Waals surface area contributed by atoms with Gasteiger partial charge in [0, 0.05) is 0 Å². The van der Waals surface area contributed by atoms with Crippen LogP contribution in [0.1, 0.15) is 12.8 Å². The SMILES string of the molecule is COC(=O)[C@@H]1C[C@@H](CN)[C@@H](O)C1. The Morgan fingerprint density at radius 1 is 1.67 bits per heavy atom. The Morgan fingerprint density at radius 3 is 2.75 bits per heavy atom. The van der Waals surface area contributed by atoms with Crippen molar-refractivity contribution in [2.45, 2.75) is 18.9 Å². The van der Waals surface area contributed by atoms with E-state index in [1.165, 1.54) is 7.11 Å². The van der Waals surface area contributed by atoms with Crippen LogP contribution in [-0.2, 0) is 9.53 Å². The first-order chi connectivity index (χ1) is 5.69. The molecule has 4 heteroatoms. The lowest BCUT2D eigenvalue weighted by Gasteiger charge is -2.09. The smallest absolute Gasteiger partial charge is 0.308 e. The van der Waals surface area contributed by atoms with Crippen molar-refractivity contribution in [3.63, 3.8) is 0 Å². The van der Waals surface area contributed by atoms with E-state index in [1.807, 2.05) is 0 Å². The lowest BCUT2D eigenvalue weighted by molar-refractivity contribution is -0.145. The summed E-state index contributed by atoms with van der Waals surface area (Å²) in [6.07, 6.45) is 0.720. The lowest BCUT2D eigenvalue weighted by Crippen LogP contribution is -2.21. The molecule has 0 aromatic heterocycles. The van der Waals surface area contributed by atoms with E-state index in [0.717, 1.165) is 0 Å². The Bertz CT molecular complexity index is 172. The normalized spacial score (nSPS) is 35.1. The van der Waals surface area contributed by atoms with E-state index in [1.54, 1.807) is 0 Å². The van der Waals surface area contributed by atoms with Crippen molar-refractivity contribution in [3.8, 4) is 0 Å². The van der Waals surface area contributed by atoms with Crippen LogP contribution < -0.4 is 5.73 Å². The fourth-order valence-corrected chi connectivity index (χ4v) is 1.72. The Labute approximate surface area is 71.7 Å². The van der Waals surface area contributed by atoms with Gasteiger partial charge in [-0.15, -0.1) is 0 Å². The maximum Gasteiger partial charge on any atom is 0.308 e. The minimum Gasteiger partial charge on any atom is -0.469 e. The molecule has 1 aliphatic rings. The molecule has 1 fully saturated rings. The molecule has 0 aliphatic heterocycles. The lowest BCUT2D eigenvalue weighted by atomic mass is 10.1. The molecule has 0 radical (unpaired) electrons. The Morgan fingerprint density at radius 2 is 2.33 bits per heavy atom. The molecule has 0 heterocycles. The predicted octanol–water partition coefficient (Wildman–Crippen LogP) is -0.495. The third-order valence-corrected chi connectivity index (χ3v) is 2.49. The van der Waals surface area contributed by atoms with Gasteiger partial charge in [-0.3, -0.25) is 4.79 Å². The first kappa shape index (κ1) is 9.48. The number of hydrogen-bond acceptors (Lipinski definition) is 4. The molecule has 1 saturated carbocycles. The summed E-state index contributed by atoms with van der Waals surface area (Å²) >= 11 is 0. The molecular formula is C8H15NO3. The van der Waals surface area contributed by atoms with Gasteiger partial charge in [0.05, 0.1) is 19.1 Å². The van der Waals surface area contributed by atoms with E-state index < -0.39 is 6.10 Å². The van der Waals surface area contributed by atoms with Crippen molar-refractivity contribution in [3.05, 3.63) is 0 Å². The van der Waals surface area contributed by atoms with Crippen molar-refractivity contribution in [2.75, 3.05) is 13.7 Å². The zero-order chi connectivity index (χ0) is 9.14. The first-order valence-electron chi connectivity index (χ1n) is 4.15. The van der Waals surface area contributed by atoms with Crippen LogP contribution in [0, 0.1) is 11.8 Å². The van der Waals surface area contributed by atoms with Gasteiger partial charge < -0.3 is 15.6 Å². The second-order valence-electron chi connectivity index (χ2n) is 3.25. The molecule has 12 heavy (non-hydrogen) atoms. The molecule has 0 spiro atoms. The van der Waals surface area contributed by atoms with Gasteiger partial charge in [0.1, 0.15) is 0 Å². The summed E-state index contributed by atoms with van der Waals surface area (Å²) in [6, 6.07) is 0. The van der Waals surface area contributed by atoms with Gasteiger partial charge in [0.25, 0.3) is 0 Å². The fraction of sp³-hybridized carbons (Fsp3) is 0.875. The summed E-state index contributed by atoms with van der Waals surface area (Å²) in [6.45, 7) is 0.439. The van der Waals surface area contributed by atoms with E-state index in [0.29, 0.717) is 19.4 Å². The highest BCUT2D eigenvalue weighted by Crippen LogP contribution is 2.31. The van der Waals surface area contributed by atoms with Gasteiger partial charge in [-0.2, -0.15) is 0 Å². The number of ether oxygens (including phenoxy) is 1. The average molecular weight is 173 g/mol. The minimum atomic E-state index is -0.431. The second-order valence-corrected chi connectivity index (χ2v) is 3.25. The minimum absolute atomic E-state index is 0.0640. The summed E-state index contributed by atoms with van der Waals surface area (Å²) < 4.78 is 4.58. The summed E-state index contributed by atoms with van der Waals surface area (Å²) in [5, 5.41) is 9.42. The average Bonchev–Trinajstić information content (AvgIpc) is 2.45. The summed E-state index contributed by atoms with van der Waals surface area (Å²) in [5.41, 5.74) is 5.42. The van der Waals surface area contributed by atoms with E-state index in [9.17, 15) is 9.90 Å². The number of aliphatic hydroxyl groups is 1. The molecule has 70 valence electrons. The third-order valence-electron chi connectivity index (χ3n) is 2.49. The molecule has 0 amide bonds. The van der Waals surface area contributed by atoms with Gasteiger partial charge in [0.15, 0.2) is 0 Å². The van der Waals surface area contributed by atoms with Gasteiger partial charge in [-0.05, 0) is 25.3 Å². The maximum absolute atomic E-state index is 11.0. The molecule has 3 N–H and O–H groups in total. The van der Waals surface area contributed by atoms with Crippen LogP contribution in [-0.4, -0.2) is 30.8 Å². The number of aliphatic hydroxyl groups excluding tert-OH is 1. The molecule has 3 atom stereocenters. The predicted molar refractivity (Wildman–Crippen MR) is 43.3 cm³/mol. The highest BCUT2D eigenvalue weighted by atomic mass is 16.5. The monoisotopic (exact) mass is 173 g/mol. The highest BCUT2D eigenvalue weighted by Gasteiger charge is 2.36. The highest BCUT2D eigenvalue weighted by molar-refractivity contribution is 5.72. The number of carbonyl (C=O) groups is 1. The van der Waals surface area contributed by atoms with Crippen LogP contribution in [0.25, 0.3) is 0 Å². The van der Waals surface area contributed by atoms with Crippen molar-refractivity contribution < 1.29 is 14.6 Å². The summed E-state index contributed by atoms with van der Waals surface area (Å²) in [7, 11) is 1.37. The number of esters is 1. The summed E-state index contributed by atoms with van der Waals surface area (Å²) in [5.74, 6) is -0.322. The number of nitrogens with two attached hydrogens (primary N) is 1. The van der Waals surface area contributed by atoms with Gasteiger partial charge in [-0.1, -0.05) is 0 Å². The molecule has 0 bridgehead atoms.